The summed E-state index contributed by atoms with van der Waals surface area (Å²) in [6.45, 7) is 4.21. The maximum atomic E-state index is 12.0. The Morgan fingerprint density at radius 1 is 1.53 bits per heavy atom. The van der Waals surface area contributed by atoms with Crippen molar-refractivity contribution in [3.8, 4) is 0 Å². The molecule has 0 radical (unpaired) electrons. The normalized spacial score (nSPS) is 13.2. The molecule has 19 heavy (non-hydrogen) atoms. The summed E-state index contributed by atoms with van der Waals surface area (Å²) in [5.41, 5.74) is -0.226. The van der Waals surface area contributed by atoms with Gasteiger partial charge in [-0.25, -0.2) is 13.1 Å². The average molecular weight is 307 g/mol. The van der Waals surface area contributed by atoms with E-state index in [1.54, 1.807) is 0 Å². The van der Waals surface area contributed by atoms with Crippen LogP contribution in [0, 0.1) is 16.0 Å². The highest BCUT2D eigenvalue weighted by Gasteiger charge is 2.25. The maximum absolute atomic E-state index is 12.0. The van der Waals surface area contributed by atoms with Crippen LogP contribution in [0.25, 0.3) is 0 Å². The zero-order valence-corrected chi connectivity index (χ0v) is 12.6. The van der Waals surface area contributed by atoms with Crippen molar-refractivity contribution in [2.45, 2.75) is 24.5 Å². The van der Waals surface area contributed by atoms with Crippen LogP contribution in [0.4, 0.5) is 10.7 Å². The fraction of sp³-hybridized carbons (Fsp3) is 0.600. The maximum Gasteiger partial charge on any atom is 0.304 e. The highest BCUT2D eigenvalue weighted by molar-refractivity contribution is 7.91. The fourth-order valence-electron chi connectivity index (χ4n) is 1.27. The number of sulfonamides is 1. The molecule has 0 saturated heterocycles. The first-order chi connectivity index (χ1) is 8.81. The van der Waals surface area contributed by atoms with Gasteiger partial charge in [0.2, 0.25) is 10.0 Å². The number of thiophene rings is 1. The third kappa shape index (κ3) is 3.88. The Kier molecular flexibility index (Phi) is 5.27. The lowest BCUT2D eigenvalue weighted by molar-refractivity contribution is -0.383. The molecule has 1 aromatic heterocycles. The summed E-state index contributed by atoms with van der Waals surface area (Å²) in [6.07, 6.45) is 0.856. The van der Waals surface area contributed by atoms with E-state index in [0.717, 1.165) is 23.8 Å². The third-order valence-electron chi connectivity index (χ3n) is 2.70. The van der Waals surface area contributed by atoms with Crippen LogP contribution < -0.4 is 10.0 Å². The van der Waals surface area contributed by atoms with Gasteiger partial charge in [0.1, 0.15) is 4.21 Å². The van der Waals surface area contributed by atoms with Crippen molar-refractivity contribution in [2.75, 3.05) is 18.9 Å². The van der Waals surface area contributed by atoms with Gasteiger partial charge in [0.05, 0.1) is 4.92 Å². The van der Waals surface area contributed by atoms with Crippen LogP contribution in [0.3, 0.4) is 0 Å². The van der Waals surface area contributed by atoms with Crippen molar-refractivity contribution in [2.24, 2.45) is 5.92 Å². The molecule has 0 aliphatic rings. The number of hydrogen-bond acceptors (Lipinski definition) is 6. The van der Waals surface area contributed by atoms with E-state index in [1.165, 1.54) is 7.05 Å². The minimum atomic E-state index is -3.69. The molecule has 0 bridgehead atoms. The van der Waals surface area contributed by atoms with Crippen LogP contribution in [0.5, 0.6) is 0 Å². The lowest BCUT2D eigenvalue weighted by atomic mass is 10.1. The Morgan fingerprint density at radius 3 is 2.58 bits per heavy atom. The van der Waals surface area contributed by atoms with Gasteiger partial charge < -0.3 is 5.32 Å². The summed E-state index contributed by atoms with van der Waals surface area (Å²) in [7, 11) is -2.17. The van der Waals surface area contributed by atoms with E-state index in [0.29, 0.717) is 6.54 Å². The molecule has 9 heteroatoms. The molecule has 1 unspecified atom stereocenters. The van der Waals surface area contributed by atoms with E-state index in [1.807, 2.05) is 13.8 Å². The molecule has 2 N–H and O–H groups in total. The summed E-state index contributed by atoms with van der Waals surface area (Å²) in [4.78, 5) is 10.2. The smallest absolute Gasteiger partial charge is 0.304 e. The van der Waals surface area contributed by atoms with Crippen molar-refractivity contribution in [1.82, 2.24) is 4.72 Å². The first-order valence-corrected chi connectivity index (χ1v) is 8.07. The van der Waals surface area contributed by atoms with E-state index in [2.05, 4.69) is 10.0 Å². The Bertz CT molecular complexity index is 553. The minimum Gasteiger partial charge on any atom is -0.374 e. The molecule has 0 saturated carbocycles. The van der Waals surface area contributed by atoms with E-state index < -0.39 is 14.9 Å². The van der Waals surface area contributed by atoms with Gasteiger partial charge in [0.15, 0.2) is 5.00 Å². The average Bonchev–Trinajstić information content (AvgIpc) is 2.81. The molecule has 1 atom stereocenters. The predicted octanol–water partition coefficient (Wildman–Crippen LogP) is 2.02. The summed E-state index contributed by atoms with van der Waals surface area (Å²) in [6, 6.07) is 1.08. The summed E-state index contributed by atoms with van der Waals surface area (Å²) < 4.78 is 26.4. The SMILES string of the molecule is CCC(C)CNS(=O)(=O)c1cc([N+](=O)[O-])c(NC)s1. The molecular weight excluding hydrogens is 290 g/mol. The largest absolute Gasteiger partial charge is 0.374 e. The number of nitro groups is 1. The van der Waals surface area contributed by atoms with E-state index >= 15 is 0 Å². The highest BCUT2D eigenvalue weighted by Crippen LogP contribution is 2.36. The minimum absolute atomic E-state index is 0.0492. The molecule has 1 aromatic rings. The van der Waals surface area contributed by atoms with Gasteiger partial charge >= 0.3 is 5.69 Å². The second-order valence-electron chi connectivity index (χ2n) is 4.15. The standard InChI is InChI=1S/C10H17N3O4S2/c1-4-7(2)6-12-19(16,17)9-5-8(13(14)15)10(11-3)18-9/h5,7,11-12H,4,6H2,1-3H3. The van der Waals surface area contributed by atoms with Crippen molar-refractivity contribution < 1.29 is 13.3 Å². The van der Waals surface area contributed by atoms with Gasteiger partial charge in [-0.05, 0) is 5.92 Å². The molecule has 1 rings (SSSR count). The lowest BCUT2D eigenvalue weighted by Crippen LogP contribution is -2.27. The van der Waals surface area contributed by atoms with Crippen LogP contribution in [-0.2, 0) is 10.0 Å². The topological polar surface area (TPSA) is 101 Å². The Balaban J connectivity index is 2.99. The van der Waals surface area contributed by atoms with Crippen LogP contribution >= 0.6 is 11.3 Å². The zero-order chi connectivity index (χ0) is 14.6. The number of nitrogens with zero attached hydrogens (tertiary/aromatic N) is 1. The summed E-state index contributed by atoms with van der Waals surface area (Å²) >= 11 is 0.851. The molecule has 1 heterocycles. The number of nitrogens with one attached hydrogen (secondary N) is 2. The van der Waals surface area contributed by atoms with Crippen molar-refractivity contribution in [3.63, 3.8) is 0 Å². The first-order valence-electron chi connectivity index (χ1n) is 5.77. The van der Waals surface area contributed by atoms with Crippen molar-refractivity contribution >= 4 is 32.0 Å². The van der Waals surface area contributed by atoms with Gasteiger partial charge in [0, 0.05) is 19.7 Å². The molecule has 0 aliphatic heterocycles. The van der Waals surface area contributed by atoms with Crippen LogP contribution in [-0.4, -0.2) is 26.9 Å². The number of hydrogen-bond donors (Lipinski definition) is 2. The van der Waals surface area contributed by atoms with Crippen LogP contribution in [0.15, 0.2) is 10.3 Å². The van der Waals surface area contributed by atoms with Gasteiger partial charge in [0.25, 0.3) is 0 Å². The Hall–Kier alpha value is -1.19. The second kappa shape index (κ2) is 6.31. The van der Waals surface area contributed by atoms with Gasteiger partial charge in [-0.15, -0.1) is 0 Å². The van der Waals surface area contributed by atoms with Crippen LogP contribution in [0.2, 0.25) is 0 Å². The monoisotopic (exact) mass is 307 g/mol. The molecular formula is C10H17N3O4S2. The van der Waals surface area contributed by atoms with Crippen LogP contribution in [0.1, 0.15) is 20.3 Å². The highest BCUT2D eigenvalue weighted by atomic mass is 32.2. The molecule has 0 spiro atoms. The summed E-state index contributed by atoms with van der Waals surface area (Å²) in [5.74, 6) is 0.216. The zero-order valence-electron chi connectivity index (χ0n) is 11.0. The quantitative estimate of drug-likeness (QED) is 0.593. The molecule has 0 fully saturated rings. The van der Waals surface area contributed by atoms with E-state index in [4.69, 9.17) is 0 Å². The van der Waals surface area contributed by atoms with E-state index in [-0.39, 0.29) is 20.8 Å². The lowest BCUT2D eigenvalue weighted by Gasteiger charge is -2.09. The Labute approximate surface area is 116 Å². The van der Waals surface area contributed by atoms with E-state index in [9.17, 15) is 18.5 Å². The summed E-state index contributed by atoms with van der Waals surface area (Å²) in [5, 5.41) is 13.7. The second-order valence-corrected chi connectivity index (χ2v) is 7.20. The van der Waals surface area contributed by atoms with Crippen molar-refractivity contribution in [3.05, 3.63) is 16.2 Å². The van der Waals surface area contributed by atoms with Crippen molar-refractivity contribution in [1.29, 1.82) is 0 Å². The predicted molar refractivity (Wildman–Crippen MR) is 75.2 cm³/mol. The number of anilines is 1. The molecule has 0 aliphatic carbocycles. The van der Waals surface area contributed by atoms with Gasteiger partial charge in [-0.1, -0.05) is 31.6 Å². The first kappa shape index (κ1) is 15.9. The molecule has 7 nitrogen and oxygen atoms in total. The molecule has 0 aromatic carbocycles. The van der Waals surface area contributed by atoms with Gasteiger partial charge in [-0.3, -0.25) is 10.1 Å². The fourth-order valence-corrected chi connectivity index (χ4v) is 3.76. The molecule has 108 valence electrons. The third-order valence-corrected chi connectivity index (χ3v) is 5.74. The van der Waals surface area contributed by atoms with Gasteiger partial charge in [-0.2, -0.15) is 0 Å². The Morgan fingerprint density at radius 2 is 2.16 bits per heavy atom. The number of rotatable bonds is 7. The molecule has 0 amide bonds.